The molecule has 0 spiro atoms. The predicted molar refractivity (Wildman–Crippen MR) is 132 cm³/mol. The number of fused-ring (bicyclic) bond motifs is 5. The van der Waals surface area contributed by atoms with Gasteiger partial charge in [0.15, 0.2) is 11.5 Å². The van der Waals surface area contributed by atoms with E-state index in [0.717, 1.165) is 48.7 Å². The zero-order valence-electron chi connectivity index (χ0n) is 17.9. The largest absolute Gasteiger partial charge is 0.489 e. The fourth-order valence-corrected chi connectivity index (χ4v) is 5.34. The lowest BCUT2D eigenvalue weighted by atomic mass is 10.1. The molecule has 0 unspecified atom stereocenters. The Hall–Kier alpha value is -3.55. The molecule has 0 saturated heterocycles. The van der Waals surface area contributed by atoms with E-state index in [0.29, 0.717) is 17.5 Å². The lowest BCUT2D eigenvalue weighted by Gasteiger charge is -2.07. The quantitative estimate of drug-likeness (QED) is 0.297. The Balaban J connectivity index is 1.38. The van der Waals surface area contributed by atoms with Crippen molar-refractivity contribution in [2.75, 3.05) is 0 Å². The zero-order valence-corrected chi connectivity index (χ0v) is 19.5. The van der Waals surface area contributed by atoms with Crippen LogP contribution in [0.5, 0.6) is 5.75 Å². The highest BCUT2D eigenvalue weighted by Gasteiger charge is 2.17. The van der Waals surface area contributed by atoms with E-state index in [4.69, 9.17) is 26.3 Å². The van der Waals surface area contributed by atoms with Gasteiger partial charge in [-0.1, -0.05) is 29.8 Å². The average Bonchev–Trinajstić information content (AvgIpc) is 3.40. The van der Waals surface area contributed by atoms with E-state index in [1.165, 1.54) is 5.56 Å². The van der Waals surface area contributed by atoms with Crippen molar-refractivity contribution < 1.29 is 4.74 Å². The van der Waals surface area contributed by atoms with Crippen molar-refractivity contribution in [1.29, 1.82) is 0 Å². The van der Waals surface area contributed by atoms with Crippen molar-refractivity contribution in [3.05, 3.63) is 82.8 Å². The van der Waals surface area contributed by atoms with Crippen LogP contribution in [0.2, 0.25) is 5.02 Å². The first-order chi connectivity index (χ1) is 16.0. The first-order valence-electron chi connectivity index (χ1n) is 10.4. The zero-order chi connectivity index (χ0) is 22.5. The van der Waals surface area contributed by atoms with E-state index in [2.05, 4.69) is 29.1 Å². The minimum absolute atomic E-state index is 0.440. The van der Waals surface area contributed by atoms with Gasteiger partial charge in [0.2, 0.25) is 0 Å². The van der Waals surface area contributed by atoms with Gasteiger partial charge in [0.25, 0.3) is 0 Å². The predicted octanol–water partition coefficient (Wildman–Crippen LogP) is 6.40. The lowest BCUT2D eigenvalue weighted by Crippen LogP contribution is -1.96. The normalized spacial score (nSPS) is 11.6. The topological polar surface area (TPSA) is 65.2 Å². The van der Waals surface area contributed by atoms with Crippen molar-refractivity contribution in [3.63, 3.8) is 0 Å². The Morgan fingerprint density at radius 2 is 1.88 bits per heavy atom. The van der Waals surface area contributed by atoms with Crippen LogP contribution in [0, 0.1) is 13.8 Å². The number of halogens is 1. The molecule has 4 aromatic heterocycles. The maximum absolute atomic E-state index is 5.95. The average molecular weight is 472 g/mol. The second-order valence-corrected chi connectivity index (χ2v) is 9.37. The Labute approximate surface area is 198 Å². The number of rotatable bonds is 4. The number of nitrogens with zero attached hydrogens (tertiary/aromatic N) is 5. The van der Waals surface area contributed by atoms with Crippen LogP contribution in [-0.2, 0) is 6.61 Å². The second kappa shape index (κ2) is 7.79. The lowest BCUT2D eigenvalue weighted by molar-refractivity contribution is 0.306. The third kappa shape index (κ3) is 3.59. The minimum atomic E-state index is 0.440. The Morgan fingerprint density at radius 1 is 1.03 bits per heavy atom. The summed E-state index contributed by atoms with van der Waals surface area (Å²) in [5.41, 5.74) is 5.85. The number of aryl methyl sites for hydroxylation is 2. The number of benzene rings is 2. The van der Waals surface area contributed by atoms with Gasteiger partial charge in [0.1, 0.15) is 28.2 Å². The maximum Gasteiger partial charge on any atom is 0.182 e. The highest BCUT2D eigenvalue weighted by atomic mass is 35.5. The number of hydrogen-bond donors (Lipinski definition) is 0. The van der Waals surface area contributed by atoms with Gasteiger partial charge in [-0.25, -0.2) is 19.5 Å². The number of thiophene rings is 1. The van der Waals surface area contributed by atoms with E-state index in [1.54, 1.807) is 22.2 Å². The molecule has 162 valence electrons. The van der Waals surface area contributed by atoms with Crippen LogP contribution in [0.25, 0.3) is 37.5 Å². The van der Waals surface area contributed by atoms with E-state index in [1.807, 2.05) is 49.4 Å². The van der Waals surface area contributed by atoms with Crippen molar-refractivity contribution in [1.82, 2.24) is 24.6 Å². The monoisotopic (exact) mass is 471 g/mol. The highest BCUT2D eigenvalue weighted by molar-refractivity contribution is 7.26. The molecule has 0 amide bonds. The third-order valence-corrected chi connectivity index (χ3v) is 6.82. The molecule has 6 rings (SSSR count). The summed E-state index contributed by atoms with van der Waals surface area (Å²) < 4.78 is 8.63. The van der Waals surface area contributed by atoms with Gasteiger partial charge >= 0.3 is 0 Å². The summed E-state index contributed by atoms with van der Waals surface area (Å²) in [6.45, 7) is 4.55. The standard InChI is InChI=1S/C25H18ClN5OS/c1-14-10-15(2)28-25-20(14)21-22(33-25)24-29-23(30-31(24)13-27-21)17-5-3-4-16(11-17)12-32-19-8-6-18(26)7-9-19/h3-11,13H,12H2,1-2H3. The molecular weight excluding hydrogens is 454 g/mol. The van der Waals surface area contributed by atoms with E-state index < -0.39 is 0 Å². The third-order valence-electron chi connectivity index (χ3n) is 5.50. The summed E-state index contributed by atoms with van der Waals surface area (Å²) in [5.74, 6) is 1.42. The van der Waals surface area contributed by atoms with Crippen molar-refractivity contribution in [2.45, 2.75) is 20.5 Å². The highest BCUT2D eigenvalue weighted by Crippen LogP contribution is 2.36. The smallest absolute Gasteiger partial charge is 0.182 e. The first kappa shape index (κ1) is 20.1. The first-order valence-corrected chi connectivity index (χ1v) is 11.6. The molecule has 33 heavy (non-hydrogen) atoms. The number of pyridine rings is 1. The summed E-state index contributed by atoms with van der Waals surface area (Å²) in [4.78, 5) is 15.2. The van der Waals surface area contributed by atoms with Crippen LogP contribution in [0.15, 0.2) is 60.9 Å². The Morgan fingerprint density at radius 3 is 2.73 bits per heavy atom. The molecule has 0 aliphatic heterocycles. The maximum atomic E-state index is 5.95. The molecule has 0 aliphatic carbocycles. The van der Waals surface area contributed by atoms with Crippen molar-refractivity contribution in [2.24, 2.45) is 0 Å². The molecular formula is C25H18ClN5OS. The van der Waals surface area contributed by atoms with Crippen LogP contribution < -0.4 is 4.74 Å². The molecule has 0 radical (unpaired) electrons. The molecule has 6 aromatic rings. The summed E-state index contributed by atoms with van der Waals surface area (Å²) in [6, 6.07) is 17.5. The van der Waals surface area contributed by atoms with Gasteiger partial charge in [-0.2, -0.15) is 0 Å². The van der Waals surface area contributed by atoms with E-state index in [-0.39, 0.29) is 0 Å². The summed E-state index contributed by atoms with van der Waals surface area (Å²) >= 11 is 7.56. The van der Waals surface area contributed by atoms with Crippen LogP contribution in [0.1, 0.15) is 16.8 Å². The van der Waals surface area contributed by atoms with Gasteiger partial charge < -0.3 is 4.74 Å². The molecule has 0 aliphatic rings. The van der Waals surface area contributed by atoms with E-state index in [9.17, 15) is 0 Å². The van der Waals surface area contributed by atoms with Crippen molar-refractivity contribution >= 4 is 49.0 Å². The SMILES string of the molecule is Cc1cc(C)c2c(n1)sc1c2ncn2nc(-c3cccc(COc4ccc(Cl)cc4)c3)nc12. The fourth-order valence-electron chi connectivity index (χ4n) is 3.99. The summed E-state index contributed by atoms with van der Waals surface area (Å²) in [5, 5.41) is 6.46. The molecule has 0 saturated carbocycles. The van der Waals surface area contributed by atoms with Gasteiger partial charge in [-0.3, -0.25) is 0 Å². The van der Waals surface area contributed by atoms with Gasteiger partial charge in [-0.05, 0) is 61.4 Å². The molecule has 0 bridgehead atoms. The van der Waals surface area contributed by atoms with Crippen LogP contribution in [0.3, 0.4) is 0 Å². The number of hydrogen-bond acceptors (Lipinski definition) is 6. The van der Waals surface area contributed by atoms with Gasteiger partial charge in [0.05, 0.1) is 5.52 Å². The molecule has 0 fully saturated rings. The molecule has 2 aromatic carbocycles. The Bertz CT molecular complexity index is 1660. The van der Waals surface area contributed by atoms with Crippen LogP contribution >= 0.6 is 22.9 Å². The van der Waals surface area contributed by atoms with Crippen LogP contribution in [-0.4, -0.2) is 24.6 Å². The van der Waals surface area contributed by atoms with Crippen molar-refractivity contribution in [3.8, 4) is 17.1 Å². The fraction of sp³-hybridized carbons (Fsp3) is 0.120. The number of aromatic nitrogens is 5. The van der Waals surface area contributed by atoms with Gasteiger partial charge in [0, 0.05) is 21.7 Å². The second-order valence-electron chi connectivity index (χ2n) is 7.93. The molecule has 6 nitrogen and oxygen atoms in total. The minimum Gasteiger partial charge on any atom is -0.489 e. The summed E-state index contributed by atoms with van der Waals surface area (Å²) in [7, 11) is 0. The number of ether oxygens (including phenoxy) is 1. The molecule has 0 atom stereocenters. The summed E-state index contributed by atoms with van der Waals surface area (Å²) in [6.07, 6.45) is 1.73. The van der Waals surface area contributed by atoms with E-state index >= 15 is 0 Å². The molecule has 4 heterocycles. The molecule has 8 heteroatoms. The van der Waals surface area contributed by atoms with Crippen LogP contribution in [0.4, 0.5) is 0 Å². The molecule has 0 N–H and O–H groups in total. The Kier molecular flexibility index (Phi) is 4.74. The van der Waals surface area contributed by atoms with Gasteiger partial charge in [-0.15, -0.1) is 16.4 Å².